The first kappa shape index (κ1) is 17.8. The molecule has 0 radical (unpaired) electrons. The number of amides is 1. The number of methoxy groups -OCH3 is 1. The van der Waals surface area contributed by atoms with Crippen molar-refractivity contribution >= 4 is 12.1 Å². The number of halogens is 1. The van der Waals surface area contributed by atoms with E-state index in [-0.39, 0.29) is 17.9 Å². The molecule has 1 heterocycles. The van der Waals surface area contributed by atoms with Crippen LogP contribution >= 0.6 is 0 Å². The van der Waals surface area contributed by atoms with E-state index in [1.54, 1.807) is 18.0 Å². The second kappa shape index (κ2) is 8.37. The van der Waals surface area contributed by atoms with E-state index in [2.05, 4.69) is 15.6 Å². The number of nitrogens with one attached hydrogen (secondary N) is 2. The zero-order chi connectivity index (χ0) is 17.5. The first-order chi connectivity index (χ1) is 11.5. The summed E-state index contributed by atoms with van der Waals surface area (Å²) in [5, 5.41) is 15.6. The molecular formula is C16H23FN4O3. The van der Waals surface area contributed by atoms with Crippen molar-refractivity contribution in [1.82, 2.24) is 15.5 Å². The van der Waals surface area contributed by atoms with Crippen LogP contribution in [0.3, 0.4) is 0 Å². The zero-order valence-electron chi connectivity index (χ0n) is 13.9. The molecule has 7 nitrogen and oxygen atoms in total. The summed E-state index contributed by atoms with van der Waals surface area (Å²) in [6, 6.07) is 4.46. The molecule has 3 N–H and O–H groups in total. The molecule has 0 atom stereocenters. The SMILES string of the molecule is CN=C(NCc1ccc(O)c(F)c1)NC1CCN(C(=O)OC)CC1. The Hall–Kier alpha value is -2.51. The second-order valence-corrected chi connectivity index (χ2v) is 5.59. The predicted molar refractivity (Wildman–Crippen MR) is 88.4 cm³/mol. The third-order valence-corrected chi connectivity index (χ3v) is 3.96. The number of aliphatic imine (C=N–C) groups is 1. The van der Waals surface area contributed by atoms with Gasteiger partial charge in [-0.2, -0.15) is 0 Å². The molecule has 132 valence electrons. The standard InChI is InChI=1S/C16H23FN4O3/c1-18-15(19-10-11-3-4-14(22)13(17)9-11)20-12-5-7-21(8-6-12)16(23)24-2/h3-4,9,12,22H,5-8,10H2,1-2H3,(H2,18,19,20). The average Bonchev–Trinajstić information content (AvgIpc) is 2.61. The molecule has 1 fully saturated rings. The number of guanidine groups is 1. The number of phenols is 1. The molecule has 1 saturated heterocycles. The van der Waals surface area contributed by atoms with E-state index in [1.807, 2.05) is 0 Å². The second-order valence-electron chi connectivity index (χ2n) is 5.59. The minimum Gasteiger partial charge on any atom is -0.505 e. The molecule has 0 unspecified atom stereocenters. The zero-order valence-corrected chi connectivity index (χ0v) is 13.9. The van der Waals surface area contributed by atoms with Crippen LogP contribution in [0.4, 0.5) is 9.18 Å². The van der Waals surface area contributed by atoms with Gasteiger partial charge in [0.25, 0.3) is 0 Å². The number of ether oxygens (including phenoxy) is 1. The number of rotatable bonds is 3. The summed E-state index contributed by atoms with van der Waals surface area (Å²) in [6.07, 6.45) is 1.29. The number of aromatic hydroxyl groups is 1. The molecule has 1 aromatic carbocycles. The van der Waals surface area contributed by atoms with Crippen LogP contribution in [-0.2, 0) is 11.3 Å². The van der Waals surface area contributed by atoms with E-state index < -0.39 is 5.82 Å². The summed E-state index contributed by atoms with van der Waals surface area (Å²) in [4.78, 5) is 17.3. The lowest BCUT2D eigenvalue weighted by molar-refractivity contribution is 0.111. The highest BCUT2D eigenvalue weighted by Crippen LogP contribution is 2.16. The minimum atomic E-state index is -0.646. The van der Waals surface area contributed by atoms with Crippen molar-refractivity contribution in [2.75, 3.05) is 27.2 Å². The van der Waals surface area contributed by atoms with Crippen molar-refractivity contribution in [1.29, 1.82) is 0 Å². The van der Waals surface area contributed by atoms with Crippen LogP contribution in [0.25, 0.3) is 0 Å². The van der Waals surface area contributed by atoms with Crippen LogP contribution in [0.2, 0.25) is 0 Å². The molecule has 1 amide bonds. The van der Waals surface area contributed by atoms with Crippen molar-refractivity contribution in [2.45, 2.75) is 25.4 Å². The average molecular weight is 338 g/mol. The smallest absolute Gasteiger partial charge is 0.409 e. The topological polar surface area (TPSA) is 86.2 Å². The number of carbonyl (C=O) groups is 1. The van der Waals surface area contributed by atoms with E-state index in [0.29, 0.717) is 31.2 Å². The quantitative estimate of drug-likeness (QED) is 0.573. The Morgan fingerprint density at radius 1 is 1.46 bits per heavy atom. The summed E-state index contributed by atoms with van der Waals surface area (Å²) in [5.41, 5.74) is 0.703. The summed E-state index contributed by atoms with van der Waals surface area (Å²) in [5.74, 6) is -0.397. The van der Waals surface area contributed by atoms with Gasteiger partial charge in [-0.15, -0.1) is 0 Å². The van der Waals surface area contributed by atoms with Gasteiger partial charge < -0.3 is 25.4 Å². The lowest BCUT2D eigenvalue weighted by Crippen LogP contribution is -2.49. The number of likely N-dealkylation sites (tertiary alicyclic amines) is 1. The Kier molecular flexibility index (Phi) is 6.22. The summed E-state index contributed by atoms with van der Waals surface area (Å²) < 4.78 is 18.0. The number of piperidine rings is 1. The lowest BCUT2D eigenvalue weighted by Gasteiger charge is -2.32. The van der Waals surface area contributed by atoms with Gasteiger partial charge in [0.1, 0.15) is 0 Å². The summed E-state index contributed by atoms with van der Waals surface area (Å²) >= 11 is 0. The number of benzene rings is 1. The Morgan fingerprint density at radius 3 is 2.75 bits per heavy atom. The Balaban J connectivity index is 1.81. The summed E-state index contributed by atoms with van der Waals surface area (Å²) in [6.45, 7) is 1.65. The molecule has 1 aliphatic heterocycles. The van der Waals surface area contributed by atoms with Crippen LogP contribution < -0.4 is 10.6 Å². The van der Waals surface area contributed by atoms with Gasteiger partial charge in [0.2, 0.25) is 0 Å². The van der Waals surface area contributed by atoms with Gasteiger partial charge in [0.05, 0.1) is 7.11 Å². The fourth-order valence-corrected chi connectivity index (χ4v) is 2.57. The molecule has 0 bridgehead atoms. The van der Waals surface area contributed by atoms with E-state index >= 15 is 0 Å². The molecule has 1 aromatic rings. The van der Waals surface area contributed by atoms with Gasteiger partial charge in [0.15, 0.2) is 17.5 Å². The van der Waals surface area contributed by atoms with Crippen LogP contribution in [0.15, 0.2) is 23.2 Å². The maximum absolute atomic E-state index is 13.3. The minimum absolute atomic E-state index is 0.202. The van der Waals surface area contributed by atoms with Gasteiger partial charge >= 0.3 is 6.09 Å². The third-order valence-electron chi connectivity index (χ3n) is 3.96. The fourth-order valence-electron chi connectivity index (χ4n) is 2.57. The van der Waals surface area contributed by atoms with Crippen molar-refractivity contribution in [2.24, 2.45) is 4.99 Å². The van der Waals surface area contributed by atoms with Crippen molar-refractivity contribution in [3.8, 4) is 5.75 Å². The van der Waals surface area contributed by atoms with Crippen LogP contribution in [0, 0.1) is 5.82 Å². The van der Waals surface area contributed by atoms with Crippen molar-refractivity contribution in [3.63, 3.8) is 0 Å². The van der Waals surface area contributed by atoms with Crippen LogP contribution in [0.5, 0.6) is 5.75 Å². The van der Waals surface area contributed by atoms with Gasteiger partial charge in [-0.1, -0.05) is 6.07 Å². The number of carbonyl (C=O) groups excluding carboxylic acids is 1. The Labute approximate surface area is 140 Å². The van der Waals surface area contributed by atoms with Gasteiger partial charge in [0, 0.05) is 32.7 Å². The van der Waals surface area contributed by atoms with E-state index in [1.165, 1.54) is 19.2 Å². The number of hydrogen-bond acceptors (Lipinski definition) is 4. The van der Waals surface area contributed by atoms with E-state index in [9.17, 15) is 14.3 Å². The predicted octanol–water partition coefficient (Wildman–Crippen LogP) is 1.43. The highest BCUT2D eigenvalue weighted by Gasteiger charge is 2.23. The fraction of sp³-hybridized carbons (Fsp3) is 0.500. The molecule has 1 aliphatic rings. The molecule has 2 rings (SSSR count). The van der Waals surface area contributed by atoms with E-state index in [0.717, 1.165) is 12.8 Å². The lowest BCUT2D eigenvalue weighted by atomic mass is 10.1. The molecule has 8 heteroatoms. The molecule has 0 aromatic heterocycles. The van der Waals surface area contributed by atoms with Crippen LogP contribution in [-0.4, -0.2) is 55.3 Å². The van der Waals surface area contributed by atoms with Crippen molar-refractivity contribution < 1.29 is 19.0 Å². The monoisotopic (exact) mass is 338 g/mol. The number of hydrogen-bond donors (Lipinski definition) is 3. The highest BCUT2D eigenvalue weighted by molar-refractivity contribution is 5.80. The van der Waals surface area contributed by atoms with Gasteiger partial charge in [-0.3, -0.25) is 4.99 Å². The van der Waals surface area contributed by atoms with E-state index in [4.69, 9.17) is 4.74 Å². The number of phenolic OH excluding ortho intramolecular Hbond substituents is 1. The van der Waals surface area contributed by atoms with Crippen LogP contribution in [0.1, 0.15) is 18.4 Å². The van der Waals surface area contributed by atoms with Gasteiger partial charge in [-0.05, 0) is 30.5 Å². The molecule has 0 saturated carbocycles. The number of nitrogens with zero attached hydrogens (tertiary/aromatic N) is 2. The Morgan fingerprint density at radius 2 is 2.17 bits per heavy atom. The first-order valence-electron chi connectivity index (χ1n) is 7.81. The highest BCUT2D eigenvalue weighted by atomic mass is 19.1. The summed E-state index contributed by atoms with van der Waals surface area (Å²) in [7, 11) is 3.04. The van der Waals surface area contributed by atoms with Gasteiger partial charge in [-0.25, -0.2) is 9.18 Å². The maximum atomic E-state index is 13.3. The van der Waals surface area contributed by atoms with Crippen molar-refractivity contribution in [3.05, 3.63) is 29.6 Å². The molecule has 0 aliphatic carbocycles. The third kappa shape index (κ3) is 4.74. The Bertz CT molecular complexity index is 601. The molecule has 24 heavy (non-hydrogen) atoms. The maximum Gasteiger partial charge on any atom is 0.409 e. The normalized spacial score (nSPS) is 16.0. The largest absolute Gasteiger partial charge is 0.505 e. The first-order valence-corrected chi connectivity index (χ1v) is 7.81. The molecular weight excluding hydrogens is 315 g/mol. The molecule has 0 spiro atoms.